The van der Waals surface area contributed by atoms with Gasteiger partial charge in [-0.2, -0.15) is 0 Å². The molecule has 0 aliphatic carbocycles. The highest BCUT2D eigenvalue weighted by atomic mass is 16.5. The molecule has 0 spiro atoms. The third kappa shape index (κ3) is 2.43. The van der Waals surface area contributed by atoms with E-state index in [0.717, 1.165) is 31.7 Å². The van der Waals surface area contributed by atoms with Crippen molar-refractivity contribution in [2.75, 3.05) is 20.2 Å². The van der Waals surface area contributed by atoms with Crippen LogP contribution in [0.15, 0.2) is 18.2 Å². The Kier molecular flexibility index (Phi) is 3.67. The molecule has 2 rings (SSSR count). The van der Waals surface area contributed by atoms with E-state index in [1.165, 1.54) is 11.1 Å². The molecule has 1 aliphatic rings. The quantitative estimate of drug-likeness (QED) is 0.782. The lowest BCUT2D eigenvalue weighted by Gasteiger charge is -2.19. The highest BCUT2D eigenvalue weighted by molar-refractivity contribution is 5.76. The van der Waals surface area contributed by atoms with Gasteiger partial charge in [0.05, 0.1) is 7.11 Å². The number of amides is 1. The summed E-state index contributed by atoms with van der Waals surface area (Å²) in [6, 6.07) is 6.16. The van der Waals surface area contributed by atoms with Gasteiger partial charge in [-0.3, -0.25) is 4.79 Å². The van der Waals surface area contributed by atoms with Gasteiger partial charge in [0.2, 0.25) is 5.91 Å². The molecule has 0 aromatic heterocycles. The van der Waals surface area contributed by atoms with Crippen LogP contribution in [0.4, 0.5) is 0 Å². The van der Waals surface area contributed by atoms with Gasteiger partial charge in [0.1, 0.15) is 5.75 Å². The van der Waals surface area contributed by atoms with Gasteiger partial charge < -0.3 is 9.64 Å². The zero-order valence-electron chi connectivity index (χ0n) is 10.5. The second kappa shape index (κ2) is 5.21. The van der Waals surface area contributed by atoms with Crippen molar-refractivity contribution >= 4 is 5.91 Å². The van der Waals surface area contributed by atoms with E-state index in [2.05, 4.69) is 6.07 Å². The molecule has 0 unspecified atom stereocenters. The van der Waals surface area contributed by atoms with E-state index in [-0.39, 0.29) is 5.91 Å². The van der Waals surface area contributed by atoms with Crippen LogP contribution in [0.2, 0.25) is 0 Å². The van der Waals surface area contributed by atoms with Gasteiger partial charge >= 0.3 is 0 Å². The standard InChI is InChI=1S/C14H19NO2/c1-3-14(16)15-9-7-11-5-4-6-13(17-2)12(11)8-10-15/h4-6H,3,7-10H2,1-2H3. The van der Waals surface area contributed by atoms with Crippen LogP contribution in [0.5, 0.6) is 5.75 Å². The van der Waals surface area contributed by atoms with Gasteiger partial charge in [0.15, 0.2) is 0 Å². The first kappa shape index (κ1) is 12.0. The Labute approximate surface area is 102 Å². The summed E-state index contributed by atoms with van der Waals surface area (Å²) < 4.78 is 5.39. The summed E-state index contributed by atoms with van der Waals surface area (Å²) in [4.78, 5) is 13.7. The minimum Gasteiger partial charge on any atom is -0.496 e. The maximum Gasteiger partial charge on any atom is 0.222 e. The Morgan fingerprint density at radius 2 is 2.12 bits per heavy atom. The van der Waals surface area contributed by atoms with Crippen molar-refractivity contribution in [3.8, 4) is 5.75 Å². The van der Waals surface area contributed by atoms with Crippen LogP contribution in [0, 0.1) is 0 Å². The second-order valence-electron chi connectivity index (χ2n) is 4.33. The number of ether oxygens (including phenoxy) is 1. The van der Waals surface area contributed by atoms with E-state index in [1.54, 1.807) is 7.11 Å². The number of carbonyl (C=O) groups is 1. The van der Waals surface area contributed by atoms with Crippen LogP contribution in [-0.2, 0) is 17.6 Å². The van der Waals surface area contributed by atoms with Crippen LogP contribution in [-0.4, -0.2) is 31.0 Å². The largest absolute Gasteiger partial charge is 0.496 e. The number of hydrogen-bond donors (Lipinski definition) is 0. The SMILES string of the molecule is CCC(=O)N1CCc2cccc(OC)c2CC1. The molecule has 0 N–H and O–H groups in total. The number of carbonyl (C=O) groups excluding carboxylic acids is 1. The van der Waals surface area contributed by atoms with Crippen LogP contribution < -0.4 is 4.74 Å². The molecule has 1 aliphatic heterocycles. The van der Waals surface area contributed by atoms with Gasteiger partial charge in [-0.15, -0.1) is 0 Å². The Bertz CT molecular complexity index is 415. The van der Waals surface area contributed by atoms with E-state index in [1.807, 2.05) is 24.0 Å². The molecule has 0 radical (unpaired) electrons. The molecule has 0 bridgehead atoms. The first-order valence-electron chi connectivity index (χ1n) is 6.18. The Balaban J connectivity index is 2.21. The molecule has 1 heterocycles. The molecular weight excluding hydrogens is 214 g/mol. The predicted octanol–water partition coefficient (Wildman–Crippen LogP) is 2.03. The van der Waals surface area contributed by atoms with Crippen molar-refractivity contribution in [2.24, 2.45) is 0 Å². The fourth-order valence-corrected chi connectivity index (χ4v) is 2.41. The summed E-state index contributed by atoms with van der Waals surface area (Å²) in [7, 11) is 1.70. The first-order valence-corrected chi connectivity index (χ1v) is 6.18. The number of benzene rings is 1. The smallest absolute Gasteiger partial charge is 0.222 e. The Hall–Kier alpha value is -1.51. The van der Waals surface area contributed by atoms with Crippen molar-refractivity contribution in [1.29, 1.82) is 0 Å². The molecule has 3 heteroatoms. The highest BCUT2D eigenvalue weighted by Gasteiger charge is 2.19. The lowest BCUT2D eigenvalue weighted by Crippen LogP contribution is -2.32. The van der Waals surface area contributed by atoms with Crippen molar-refractivity contribution in [3.05, 3.63) is 29.3 Å². The lowest BCUT2D eigenvalue weighted by atomic mass is 10.0. The van der Waals surface area contributed by atoms with E-state index >= 15 is 0 Å². The molecule has 0 saturated carbocycles. The number of hydrogen-bond acceptors (Lipinski definition) is 2. The molecule has 1 amide bonds. The first-order chi connectivity index (χ1) is 8.26. The minimum absolute atomic E-state index is 0.247. The summed E-state index contributed by atoms with van der Waals surface area (Å²) in [6.45, 7) is 3.55. The van der Waals surface area contributed by atoms with Gasteiger partial charge in [0.25, 0.3) is 0 Å². The number of methoxy groups -OCH3 is 1. The summed E-state index contributed by atoms with van der Waals surface area (Å²) in [5, 5.41) is 0. The Morgan fingerprint density at radius 3 is 2.82 bits per heavy atom. The lowest BCUT2D eigenvalue weighted by molar-refractivity contribution is -0.130. The minimum atomic E-state index is 0.247. The topological polar surface area (TPSA) is 29.5 Å². The van der Waals surface area contributed by atoms with Crippen LogP contribution in [0.3, 0.4) is 0 Å². The molecule has 92 valence electrons. The number of fused-ring (bicyclic) bond motifs is 1. The molecule has 1 aromatic rings. The van der Waals surface area contributed by atoms with Gasteiger partial charge in [-0.25, -0.2) is 0 Å². The second-order valence-corrected chi connectivity index (χ2v) is 4.33. The molecule has 0 saturated heterocycles. The van der Waals surface area contributed by atoms with E-state index in [9.17, 15) is 4.79 Å². The predicted molar refractivity (Wildman–Crippen MR) is 67.3 cm³/mol. The molecule has 3 nitrogen and oxygen atoms in total. The van der Waals surface area contributed by atoms with Gasteiger partial charge in [0, 0.05) is 19.5 Å². The van der Waals surface area contributed by atoms with Crippen molar-refractivity contribution in [1.82, 2.24) is 4.90 Å². The van der Waals surface area contributed by atoms with Gasteiger partial charge in [-0.1, -0.05) is 19.1 Å². The van der Waals surface area contributed by atoms with Crippen molar-refractivity contribution in [3.63, 3.8) is 0 Å². The average Bonchev–Trinajstić information content (AvgIpc) is 2.59. The van der Waals surface area contributed by atoms with E-state index in [4.69, 9.17) is 4.74 Å². The van der Waals surface area contributed by atoms with Crippen molar-refractivity contribution in [2.45, 2.75) is 26.2 Å². The highest BCUT2D eigenvalue weighted by Crippen LogP contribution is 2.25. The number of rotatable bonds is 2. The zero-order valence-corrected chi connectivity index (χ0v) is 10.5. The molecular formula is C14H19NO2. The van der Waals surface area contributed by atoms with Crippen LogP contribution in [0.1, 0.15) is 24.5 Å². The zero-order chi connectivity index (χ0) is 12.3. The normalized spacial score (nSPS) is 15.1. The van der Waals surface area contributed by atoms with Crippen LogP contribution >= 0.6 is 0 Å². The summed E-state index contributed by atoms with van der Waals surface area (Å²) in [5.74, 6) is 1.20. The summed E-state index contributed by atoms with van der Waals surface area (Å²) >= 11 is 0. The van der Waals surface area contributed by atoms with Gasteiger partial charge in [-0.05, 0) is 30.0 Å². The van der Waals surface area contributed by atoms with E-state index in [0.29, 0.717) is 6.42 Å². The average molecular weight is 233 g/mol. The monoisotopic (exact) mass is 233 g/mol. The molecule has 1 aromatic carbocycles. The molecule has 0 atom stereocenters. The maximum atomic E-state index is 11.7. The van der Waals surface area contributed by atoms with Crippen molar-refractivity contribution < 1.29 is 9.53 Å². The fraction of sp³-hybridized carbons (Fsp3) is 0.500. The van der Waals surface area contributed by atoms with E-state index < -0.39 is 0 Å². The fourth-order valence-electron chi connectivity index (χ4n) is 2.41. The molecule has 0 fully saturated rings. The van der Waals surface area contributed by atoms with Crippen LogP contribution in [0.25, 0.3) is 0 Å². The summed E-state index contributed by atoms with van der Waals surface area (Å²) in [5.41, 5.74) is 2.58. The maximum absolute atomic E-state index is 11.7. The number of nitrogens with zero attached hydrogens (tertiary/aromatic N) is 1. The third-order valence-electron chi connectivity index (χ3n) is 3.39. The Morgan fingerprint density at radius 1 is 1.35 bits per heavy atom. The summed E-state index contributed by atoms with van der Waals surface area (Å²) in [6.07, 6.45) is 2.41. The third-order valence-corrected chi connectivity index (χ3v) is 3.39. The molecule has 17 heavy (non-hydrogen) atoms.